The molecule has 7 nitrogen and oxygen atoms in total. The van der Waals surface area contributed by atoms with Crippen molar-refractivity contribution in [2.45, 2.75) is 39.4 Å². The molecule has 0 aromatic heterocycles. The maximum atomic E-state index is 12.8. The van der Waals surface area contributed by atoms with Gasteiger partial charge in [-0.3, -0.25) is 4.79 Å². The fourth-order valence-corrected chi connectivity index (χ4v) is 4.72. The van der Waals surface area contributed by atoms with E-state index in [0.29, 0.717) is 45.7 Å². The number of ether oxygens (including phenoxy) is 1. The van der Waals surface area contributed by atoms with Crippen LogP contribution >= 0.6 is 0 Å². The first kappa shape index (κ1) is 16.7. The maximum absolute atomic E-state index is 12.8. The van der Waals surface area contributed by atoms with E-state index in [1.54, 1.807) is 4.90 Å². The van der Waals surface area contributed by atoms with Crippen LogP contribution in [0.4, 0.5) is 0 Å². The molecule has 0 unspecified atom stereocenters. The number of nitrogens with zero attached hydrogens (tertiary/aromatic N) is 3. The van der Waals surface area contributed by atoms with Crippen molar-refractivity contribution in [3.05, 3.63) is 0 Å². The molecule has 2 saturated heterocycles. The molecule has 2 fully saturated rings. The van der Waals surface area contributed by atoms with Crippen molar-refractivity contribution in [2.24, 2.45) is 0 Å². The lowest BCUT2D eigenvalue weighted by Crippen LogP contribution is -2.53. The summed E-state index contributed by atoms with van der Waals surface area (Å²) in [6, 6.07) is 0. The molecule has 122 valence electrons. The highest BCUT2D eigenvalue weighted by Gasteiger charge is 2.36. The predicted octanol–water partition coefficient (Wildman–Crippen LogP) is -0.105. The van der Waals surface area contributed by atoms with Crippen LogP contribution in [0, 0.1) is 0 Å². The van der Waals surface area contributed by atoms with Gasteiger partial charge >= 0.3 is 0 Å². The third-order valence-corrected chi connectivity index (χ3v) is 5.91. The summed E-state index contributed by atoms with van der Waals surface area (Å²) in [5.41, 5.74) is 0. The van der Waals surface area contributed by atoms with Crippen LogP contribution in [0.25, 0.3) is 0 Å². The van der Waals surface area contributed by atoms with E-state index < -0.39 is 10.2 Å². The molecule has 8 heteroatoms. The van der Waals surface area contributed by atoms with Crippen LogP contribution in [0.5, 0.6) is 0 Å². The second kappa shape index (κ2) is 6.60. The van der Waals surface area contributed by atoms with Crippen LogP contribution in [0.15, 0.2) is 0 Å². The molecule has 0 saturated carbocycles. The number of rotatable bonds is 2. The molecule has 2 aliphatic heterocycles. The molecule has 0 spiro atoms. The van der Waals surface area contributed by atoms with Crippen molar-refractivity contribution in [3.63, 3.8) is 0 Å². The summed E-state index contributed by atoms with van der Waals surface area (Å²) in [6.07, 6.45) is 0.488. The second-order valence-corrected chi connectivity index (χ2v) is 7.77. The van der Waals surface area contributed by atoms with Crippen LogP contribution in [0.3, 0.4) is 0 Å². The van der Waals surface area contributed by atoms with Gasteiger partial charge in [0, 0.05) is 46.2 Å². The highest BCUT2D eigenvalue weighted by Crippen LogP contribution is 2.18. The van der Waals surface area contributed by atoms with E-state index in [4.69, 9.17) is 4.74 Å². The monoisotopic (exact) mass is 319 g/mol. The molecule has 0 aromatic rings. The summed E-state index contributed by atoms with van der Waals surface area (Å²) in [5, 5.41) is 0. The summed E-state index contributed by atoms with van der Waals surface area (Å²) >= 11 is 0. The van der Waals surface area contributed by atoms with Crippen molar-refractivity contribution < 1.29 is 17.9 Å². The Morgan fingerprint density at radius 2 is 1.62 bits per heavy atom. The van der Waals surface area contributed by atoms with Gasteiger partial charge < -0.3 is 9.64 Å². The van der Waals surface area contributed by atoms with Crippen molar-refractivity contribution in [1.29, 1.82) is 0 Å². The Hall–Kier alpha value is -0.700. The van der Waals surface area contributed by atoms with E-state index >= 15 is 0 Å². The van der Waals surface area contributed by atoms with Gasteiger partial charge in [-0.2, -0.15) is 17.0 Å². The van der Waals surface area contributed by atoms with Crippen LogP contribution in [0.2, 0.25) is 0 Å². The largest absolute Gasteiger partial charge is 0.373 e. The molecule has 2 aliphatic rings. The Balaban J connectivity index is 2.07. The van der Waals surface area contributed by atoms with Crippen molar-refractivity contribution >= 4 is 16.1 Å². The molecule has 2 atom stereocenters. The summed E-state index contributed by atoms with van der Waals surface area (Å²) in [5.74, 6) is 0.00265. The summed E-state index contributed by atoms with van der Waals surface area (Å²) in [4.78, 5) is 13.1. The smallest absolute Gasteiger partial charge is 0.282 e. The third-order valence-electron chi connectivity index (χ3n) is 3.94. The van der Waals surface area contributed by atoms with E-state index in [1.165, 1.54) is 15.5 Å². The molecule has 2 rings (SSSR count). The lowest BCUT2D eigenvalue weighted by atomic mass is 10.3. The lowest BCUT2D eigenvalue weighted by molar-refractivity contribution is -0.128. The molecule has 1 amide bonds. The van der Waals surface area contributed by atoms with Gasteiger partial charge in [-0.25, -0.2) is 0 Å². The maximum Gasteiger partial charge on any atom is 0.282 e. The first-order chi connectivity index (χ1) is 9.80. The molecule has 0 aliphatic carbocycles. The number of carbonyl (C=O) groups excluding carboxylic acids is 1. The van der Waals surface area contributed by atoms with Gasteiger partial charge in [-0.1, -0.05) is 0 Å². The van der Waals surface area contributed by atoms with Gasteiger partial charge in [0.25, 0.3) is 10.2 Å². The minimum Gasteiger partial charge on any atom is -0.373 e. The normalized spacial score (nSPS) is 30.1. The molecular formula is C13H25N3O4S. The molecular weight excluding hydrogens is 294 g/mol. The van der Waals surface area contributed by atoms with Crippen LogP contribution < -0.4 is 0 Å². The average Bonchev–Trinajstić information content (AvgIpc) is 2.63. The number of carbonyl (C=O) groups is 1. The quantitative estimate of drug-likeness (QED) is 0.712. The van der Waals surface area contributed by atoms with Crippen molar-refractivity contribution in [3.8, 4) is 0 Å². The predicted molar refractivity (Wildman–Crippen MR) is 78.9 cm³/mol. The summed E-state index contributed by atoms with van der Waals surface area (Å²) < 4.78 is 34.1. The Bertz CT molecular complexity index is 472. The lowest BCUT2D eigenvalue weighted by Gasteiger charge is -2.37. The number of morpholine rings is 1. The van der Waals surface area contributed by atoms with E-state index in [1.807, 2.05) is 13.8 Å². The molecule has 0 N–H and O–H groups in total. The fourth-order valence-electron chi connectivity index (χ4n) is 2.92. The Morgan fingerprint density at radius 3 is 2.19 bits per heavy atom. The van der Waals surface area contributed by atoms with E-state index in [-0.39, 0.29) is 18.1 Å². The van der Waals surface area contributed by atoms with Gasteiger partial charge in [0.15, 0.2) is 0 Å². The highest BCUT2D eigenvalue weighted by molar-refractivity contribution is 7.86. The van der Waals surface area contributed by atoms with Crippen LogP contribution in [-0.2, 0) is 19.7 Å². The van der Waals surface area contributed by atoms with Crippen LogP contribution in [-0.4, -0.2) is 79.3 Å². The van der Waals surface area contributed by atoms with Gasteiger partial charge in [0.05, 0.1) is 12.2 Å². The first-order valence-corrected chi connectivity index (χ1v) is 8.86. The number of hydrogen-bond acceptors (Lipinski definition) is 4. The van der Waals surface area contributed by atoms with Gasteiger partial charge in [0.1, 0.15) is 0 Å². The first-order valence-electron chi connectivity index (χ1n) is 7.47. The zero-order valence-corrected chi connectivity index (χ0v) is 13.8. The minimum atomic E-state index is -3.47. The zero-order valence-electron chi connectivity index (χ0n) is 13.0. The standard InChI is InChI=1S/C13H25N3O4S/c1-11-9-16(10-12(2)20-11)21(18,19)15-6-4-5-14(7-8-15)13(3)17/h11-12H,4-10H2,1-3H3/t11-,12-/m0/s1. The molecule has 21 heavy (non-hydrogen) atoms. The average molecular weight is 319 g/mol. The van der Waals surface area contributed by atoms with Gasteiger partial charge in [-0.15, -0.1) is 0 Å². The fraction of sp³-hybridized carbons (Fsp3) is 0.923. The minimum absolute atomic E-state index is 0.00265. The Kier molecular flexibility index (Phi) is 5.24. The van der Waals surface area contributed by atoms with E-state index in [9.17, 15) is 13.2 Å². The topological polar surface area (TPSA) is 70.2 Å². The SMILES string of the molecule is CC(=O)N1CCCN(S(=O)(=O)N2C[C@H](C)O[C@@H](C)C2)CC1. The van der Waals surface area contributed by atoms with E-state index in [0.717, 1.165) is 0 Å². The third kappa shape index (κ3) is 3.94. The Labute approximate surface area is 127 Å². The van der Waals surface area contributed by atoms with E-state index in [2.05, 4.69) is 0 Å². The molecule has 0 bridgehead atoms. The highest BCUT2D eigenvalue weighted by atomic mass is 32.2. The number of amides is 1. The van der Waals surface area contributed by atoms with Gasteiger partial charge in [-0.05, 0) is 20.3 Å². The second-order valence-electron chi connectivity index (χ2n) is 5.84. The molecule has 0 radical (unpaired) electrons. The summed E-state index contributed by atoms with van der Waals surface area (Å²) in [7, 11) is -3.47. The zero-order chi connectivity index (χ0) is 15.6. The molecule has 0 aromatic carbocycles. The number of hydrogen-bond donors (Lipinski definition) is 0. The molecule has 2 heterocycles. The Morgan fingerprint density at radius 1 is 1.00 bits per heavy atom. The summed E-state index contributed by atoms with van der Waals surface area (Å²) in [6.45, 7) is 7.99. The van der Waals surface area contributed by atoms with Crippen molar-refractivity contribution in [1.82, 2.24) is 13.5 Å². The van der Waals surface area contributed by atoms with Gasteiger partial charge in [0.2, 0.25) is 5.91 Å². The van der Waals surface area contributed by atoms with Crippen molar-refractivity contribution in [2.75, 3.05) is 39.3 Å². The van der Waals surface area contributed by atoms with Crippen LogP contribution in [0.1, 0.15) is 27.2 Å².